The molecule has 1 aromatic heterocycles. The Labute approximate surface area is 120 Å². The number of rotatable bonds is 6. The smallest absolute Gasteiger partial charge is 0.0759 e. The zero-order chi connectivity index (χ0) is 13.5. The van der Waals surface area contributed by atoms with Crippen molar-refractivity contribution in [3.05, 3.63) is 29.0 Å². The van der Waals surface area contributed by atoms with Gasteiger partial charge in [-0.05, 0) is 50.3 Å². The predicted octanol–water partition coefficient (Wildman–Crippen LogP) is 3.59. The molecule has 106 valence electrons. The standard InChI is InChI=1S/C15H23ClN2O/c1-2-7-17-14(11-12-5-9-19-10-6-12)15-13(16)4-3-8-18-15/h3-4,8,12,14,17H,2,5-7,9-11H2,1H3. The van der Waals surface area contributed by atoms with E-state index in [1.54, 1.807) is 0 Å². The highest BCUT2D eigenvalue weighted by molar-refractivity contribution is 6.31. The minimum atomic E-state index is 0.261. The van der Waals surface area contributed by atoms with Crippen molar-refractivity contribution in [2.24, 2.45) is 5.92 Å². The molecule has 1 fully saturated rings. The molecule has 2 rings (SSSR count). The summed E-state index contributed by atoms with van der Waals surface area (Å²) in [5.41, 5.74) is 0.990. The van der Waals surface area contributed by atoms with Gasteiger partial charge in [-0.3, -0.25) is 4.98 Å². The van der Waals surface area contributed by atoms with Crippen LogP contribution in [0.4, 0.5) is 0 Å². The van der Waals surface area contributed by atoms with Gasteiger partial charge in [-0.15, -0.1) is 0 Å². The average molecular weight is 283 g/mol. The lowest BCUT2D eigenvalue weighted by Crippen LogP contribution is -2.27. The van der Waals surface area contributed by atoms with E-state index in [1.165, 1.54) is 0 Å². The molecule has 2 heterocycles. The van der Waals surface area contributed by atoms with Gasteiger partial charge >= 0.3 is 0 Å². The van der Waals surface area contributed by atoms with Gasteiger partial charge in [0, 0.05) is 19.4 Å². The number of hydrogen-bond acceptors (Lipinski definition) is 3. The van der Waals surface area contributed by atoms with Crippen LogP contribution in [0, 0.1) is 5.92 Å². The van der Waals surface area contributed by atoms with Crippen molar-refractivity contribution >= 4 is 11.6 Å². The molecule has 3 nitrogen and oxygen atoms in total. The Balaban J connectivity index is 2.04. The molecule has 1 atom stereocenters. The van der Waals surface area contributed by atoms with Crippen molar-refractivity contribution < 1.29 is 4.74 Å². The number of ether oxygens (including phenoxy) is 1. The summed E-state index contributed by atoms with van der Waals surface area (Å²) < 4.78 is 5.43. The van der Waals surface area contributed by atoms with E-state index in [1.807, 2.05) is 18.3 Å². The van der Waals surface area contributed by atoms with Gasteiger partial charge in [0.1, 0.15) is 0 Å². The molecule has 0 amide bonds. The summed E-state index contributed by atoms with van der Waals surface area (Å²) in [6.45, 7) is 4.96. The minimum absolute atomic E-state index is 0.261. The SMILES string of the molecule is CCCNC(CC1CCOCC1)c1ncccc1Cl. The van der Waals surface area contributed by atoms with Crippen LogP contribution in [0.5, 0.6) is 0 Å². The highest BCUT2D eigenvalue weighted by atomic mass is 35.5. The Hall–Kier alpha value is -0.640. The number of pyridine rings is 1. The van der Waals surface area contributed by atoms with Crippen molar-refractivity contribution in [1.29, 1.82) is 0 Å². The lowest BCUT2D eigenvalue weighted by molar-refractivity contribution is 0.0603. The largest absolute Gasteiger partial charge is 0.381 e. The molecule has 0 aliphatic carbocycles. The van der Waals surface area contributed by atoms with Crippen LogP contribution in [-0.2, 0) is 4.74 Å². The zero-order valence-corrected chi connectivity index (χ0v) is 12.3. The highest BCUT2D eigenvalue weighted by Gasteiger charge is 2.22. The summed E-state index contributed by atoms with van der Waals surface area (Å²) in [6.07, 6.45) is 6.34. The molecule has 1 aromatic rings. The quantitative estimate of drug-likeness (QED) is 0.866. The van der Waals surface area contributed by atoms with Crippen molar-refractivity contribution in [1.82, 2.24) is 10.3 Å². The molecule has 4 heteroatoms. The van der Waals surface area contributed by atoms with Gasteiger partial charge in [0.25, 0.3) is 0 Å². The van der Waals surface area contributed by atoms with Crippen molar-refractivity contribution in [3.63, 3.8) is 0 Å². The highest BCUT2D eigenvalue weighted by Crippen LogP contribution is 2.29. The molecular formula is C15H23ClN2O. The first-order valence-electron chi connectivity index (χ1n) is 7.22. The van der Waals surface area contributed by atoms with E-state index in [9.17, 15) is 0 Å². The maximum atomic E-state index is 6.29. The Kier molecular flexibility index (Phi) is 6.08. The van der Waals surface area contributed by atoms with Gasteiger partial charge in [0.2, 0.25) is 0 Å². The number of hydrogen-bond donors (Lipinski definition) is 1. The van der Waals surface area contributed by atoms with Gasteiger partial charge in [-0.2, -0.15) is 0 Å². The summed E-state index contributed by atoms with van der Waals surface area (Å²) in [4.78, 5) is 4.47. The average Bonchev–Trinajstić information content (AvgIpc) is 2.45. The van der Waals surface area contributed by atoms with Crippen LogP contribution in [0.3, 0.4) is 0 Å². The first-order chi connectivity index (χ1) is 9.31. The van der Waals surface area contributed by atoms with Crippen LogP contribution in [-0.4, -0.2) is 24.7 Å². The molecule has 19 heavy (non-hydrogen) atoms. The number of nitrogens with one attached hydrogen (secondary N) is 1. The van der Waals surface area contributed by atoms with Gasteiger partial charge in [0.05, 0.1) is 16.8 Å². The number of halogens is 1. The van der Waals surface area contributed by atoms with E-state index >= 15 is 0 Å². The second kappa shape index (κ2) is 7.83. The van der Waals surface area contributed by atoms with E-state index < -0.39 is 0 Å². The molecule has 0 aromatic carbocycles. The fraction of sp³-hybridized carbons (Fsp3) is 0.667. The zero-order valence-electron chi connectivity index (χ0n) is 11.6. The third-order valence-electron chi connectivity index (χ3n) is 3.67. The van der Waals surface area contributed by atoms with Gasteiger partial charge in [0.15, 0.2) is 0 Å². The minimum Gasteiger partial charge on any atom is -0.381 e. The summed E-state index contributed by atoms with van der Waals surface area (Å²) in [5.74, 6) is 0.709. The topological polar surface area (TPSA) is 34.1 Å². The molecule has 1 aliphatic heterocycles. The molecule has 1 saturated heterocycles. The Morgan fingerprint density at radius 1 is 1.47 bits per heavy atom. The molecule has 1 N–H and O–H groups in total. The second-order valence-electron chi connectivity index (χ2n) is 5.17. The maximum Gasteiger partial charge on any atom is 0.0759 e. The monoisotopic (exact) mass is 282 g/mol. The molecule has 0 radical (unpaired) electrons. The van der Waals surface area contributed by atoms with Gasteiger partial charge in [-0.25, -0.2) is 0 Å². The molecule has 0 saturated carbocycles. The fourth-order valence-electron chi connectivity index (χ4n) is 2.58. The van der Waals surface area contributed by atoms with E-state index in [0.717, 1.165) is 56.2 Å². The van der Waals surface area contributed by atoms with E-state index in [2.05, 4.69) is 17.2 Å². The normalized spacial score (nSPS) is 18.4. The van der Waals surface area contributed by atoms with E-state index in [0.29, 0.717) is 5.92 Å². The Morgan fingerprint density at radius 3 is 2.95 bits per heavy atom. The molecule has 0 bridgehead atoms. The maximum absolute atomic E-state index is 6.29. The van der Waals surface area contributed by atoms with Gasteiger partial charge < -0.3 is 10.1 Å². The van der Waals surface area contributed by atoms with Crippen molar-refractivity contribution in [3.8, 4) is 0 Å². The first kappa shape index (κ1) is 14.8. The predicted molar refractivity (Wildman–Crippen MR) is 78.4 cm³/mol. The first-order valence-corrected chi connectivity index (χ1v) is 7.60. The lowest BCUT2D eigenvalue weighted by Gasteiger charge is -2.27. The van der Waals surface area contributed by atoms with Gasteiger partial charge in [-0.1, -0.05) is 18.5 Å². The third-order valence-corrected chi connectivity index (χ3v) is 3.99. The van der Waals surface area contributed by atoms with Crippen LogP contribution in [0.15, 0.2) is 18.3 Å². The summed E-state index contributed by atoms with van der Waals surface area (Å²) >= 11 is 6.29. The van der Waals surface area contributed by atoms with Crippen LogP contribution in [0.1, 0.15) is 44.3 Å². The molecule has 0 spiro atoms. The van der Waals surface area contributed by atoms with Crippen LogP contribution >= 0.6 is 11.6 Å². The number of nitrogens with zero attached hydrogens (tertiary/aromatic N) is 1. The fourth-order valence-corrected chi connectivity index (χ4v) is 2.83. The Bertz CT molecular complexity index is 380. The van der Waals surface area contributed by atoms with Crippen LogP contribution in [0.25, 0.3) is 0 Å². The van der Waals surface area contributed by atoms with E-state index in [4.69, 9.17) is 16.3 Å². The second-order valence-corrected chi connectivity index (χ2v) is 5.58. The summed E-state index contributed by atoms with van der Waals surface area (Å²) in [7, 11) is 0. The summed E-state index contributed by atoms with van der Waals surface area (Å²) in [5, 5.41) is 4.35. The van der Waals surface area contributed by atoms with Crippen molar-refractivity contribution in [2.75, 3.05) is 19.8 Å². The Morgan fingerprint density at radius 2 is 2.26 bits per heavy atom. The number of aromatic nitrogens is 1. The molecule has 1 aliphatic rings. The van der Waals surface area contributed by atoms with Crippen LogP contribution in [0.2, 0.25) is 5.02 Å². The summed E-state index contributed by atoms with van der Waals surface area (Å²) in [6, 6.07) is 4.07. The van der Waals surface area contributed by atoms with Crippen LogP contribution < -0.4 is 5.32 Å². The van der Waals surface area contributed by atoms with E-state index in [-0.39, 0.29) is 6.04 Å². The molecular weight excluding hydrogens is 260 g/mol. The lowest BCUT2D eigenvalue weighted by atomic mass is 9.91. The molecule has 1 unspecified atom stereocenters. The van der Waals surface area contributed by atoms with Crippen molar-refractivity contribution in [2.45, 2.75) is 38.6 Å². The third kappa shape index (κ3) is 4.44.